The molecule has 0 bridgehead atoms. The smallest absolute Gasteiger partial charge is 0.328 e. The molecule has 0 saturated carbocycles. The van der Waals surface area contributed by atoms with Gasteiger partial charge in [-0.05, 0) is 12.1 Å². The molecule has 0 amide bonds. The van der Waals surface area contributed by atoms with Crippen LogP contribution in [0.5, 0.6) is 0 Å². The summed E-state index contributed by atoms with van der Waals surface area (Å²) in [6.45, 7) is 0.361. The third-order valence-corrected chi connectivity index (χ3v) is 2.41. The molecule has 92 valence electrons. The van der Waals surface area contributed by atoms with E-state index in [4.69, 9.17) is 16.7 Å². The quantitative estimate of drug-likeness (QED) is 0.859. The van der Waals surface area contributed by atoms with Crippen LogP contribution in [0, 0.1) is 0 Å². The van der Waals surface area contributed by atoms with E-state index in [2.05, 4.69) is 10.1 Å². The van der Waals surface area contributed by atoms with Crippen molar-refractivity contribution in [2.45, 2.75) is 6.54 Å². The van der Waals surface area contributed by atoms with Crippen LogP contribution in [0.15, 0.2) is 42.7 Å². The summed E-state index contributed by atoms with van der Waals surface area (Å²) >= 11 is 5.88. The summed E-state index contributed by atoms with van der Waals surface area (Å²) in [5, 5.41) is 13.3. The predicted octanol–water partition coefficient (Wildman–Crippen LogP) is 2.24. The first-order valence-electron chi connectivity index (χ1n) is 5.20. The first-order valence-corrected chi connectivity index (χ1v) is 5.58. The number of aromatic nitrogens is 3. The summed E-state index contributed by atoms with van der Waals surface area (Å²) in [4.78, 5) is 14.4. The van der Waals surface area contributed by atoms with Crippen molar-refractivity contribution in [3.8, 4) is 11.4 Å². The van der Waals surface area contributed by atoms with Crippen molar-refractivity contribution in [1.29, 1.82) is 0 Å². The van der Waals surface area contributed by atoms with E-state index in [9.17, 15) is 4.79 Å². The summed E-state index contributed by atoms with van der Waals surface area (Å²) in [6.07, 6.45) is 4.11. The van der Waals surface area contributed by atoms with Gasteiger partial charge in [-0.3, -0.25) is 0 Å². The van der Waals surface area contributed by atoms with E-state index in [0.29, 0.717) is 17.4 Å². The Bertz CT molecular complexity index is 593. The van der Waals surface area contributed by atoms with Gasteiger partial charge in [-0.15, -0.1) is 0 Å². The Hall–Kier alpha value is -2.14. The third kappa shape index (κ3) is 3.18. The van der Waals surface area contributed by atoms with Gasteiger partial charge in [0.1, 0.15) is 6.33 Å². The van der Waals surface area contributed by atoms with Gasteiger partial charge >= 0.3 is 5.97 Å². The first-order chi connectivity index (χ1) is 8.65. The van der Waals surface area contributed by atoms with E-state index < -0.39 is 5.97 Å². The Kier molecular flexibility index (Phi) is 3.74. The Morgan fingerprint density at radius 2 is 2.33 bits per heavy atom. The van der Waals surface area contributed by atoms with E-state index >= 15 is 0 Å². The molecule has 2 rings (SSSR count). The molecule has 0 fully saturated rings. The maximum absolute atomic E-state index is 10.3. The molecule has 0 unspecified atom stereocenters. The number of benzene rings is 1. The van der Waals surface area contributed by atoms with Crippen molar-refractivity contribution < 1.29 is 9.90 Å². The molecule has 1 aromatic heterocycles. The number of nitrogens with zero attached hydrogens (tertiary/aromatic N) is 3. The van der Waals surface area contributed by atoms with Crippen LogP contribution in [0.25, 0.3) is 11.4 Å². The summed E-state index contributed by atoms with van der Waals surface area (Å²) in [5.74, 6) is -0.425. The molecule has 2 aromatic rings. The third-order valence-electron chi connectivity index (χ3n) is 2.17. The molecular formula is C12H10ClN3O2. The maximum atomic E-state index is 10.3. The number of rotatable bonds is 4. The molecule has 18 heavy (non-hydrogen) atoms. The number of allylic oxidation sites excluding steroid dienone is 1. The van der Waals surface area contributed by atoms with Crippen molar-refractivity contribution in [2.24, 2.45) is 0 Å². The highest BCUT2D eigenvalue weighted by Gasteiger charge is 2.03. The normalized spacial score (nSPS) is 10.9. The van der Waals surface area contributed by atoms with E-state index in [1.165, 1.54) is 6.08 Å². The lowest BCUT2D eigenvalue weighted by Gasteiger charge is -1.96. The van der Waals surface area contributed by atoms with Crippen LogP contribution in [0.2, 0.25) is 5.02 Å². The van der Waals surface area contributed by atoms with Crippen molar-refractivity contribution in [3.63, 3.8) is 0 Å². The fraction of sp³-hybridized carbons (Fsp3) is 0.0833. The van der Waals surface area contributed by atoms with E-state index in [0.717, 1.165) is 11.6 Å². The Labute approximate surface area is 108 Å². The molecule has 0 atom stereocenters. The van der Waals surface area contributed by atoms with Crippen LogP contribution in [0.3, 0.4) is 0 Å². The summed E-state index contributed by atoms with van der Waals surface area (Å²) < 4.78 is 1.55. The Morgan fingerprint density at radius 1 is 1.50 bits per heavy atom. The highest BCUT2D eigenvalue weighted by atomic mass is 35.5. The SMILES string of the molecule is O=C(O)/C=C/Cn1cnc(-c2cccc(Cl)c2)n1. The van der Waals surface area contributed by atoms with Crippen LogP contribution in [-0.4, -0.2) is 25.8 Å². The molecule has 6 heteroatoms. The Balaban J connectivity index is 2.13. The van der Waals surface area contributed by atoms with Crippen molar-refractivity contribution in [3.05, 3.63) is 47.8 Å². The maximum Gasteiger partial charge on any atom is 0.328 e. The van der Waals surface area contributed by atoms with Crippen LogP contribution in [-0.2, 0) is 11.3 Å². The van der Waals surface area contributed by atoms with Gasteiger partial charge in [-0.1, -0.05) is 29.8 Å². The van der Waals surface area contributed by atoms with Gasteiger partial charge in [0.2, 0.25) is 0 Å². The predicted molar refractivity (Wildman–Crippen MR) is 67.2 cm³/mol. The van der Waals surface area contributed by atoms with Gasteiger partial charge < -0.3 is 5.11 Å². The molecule has 1 aromatic carbocycles. The van der Waals surface area contributed by atoms with Gasteiger partial charge in [0, 0.05) is 16.7 Å². The number of carboxylic acids is 1. The minimum atomic E-state index is -0.981. The van der Waals surface area contributed by atoms with Gasteiger partial charge in [0.05, 0.1) is 6.54 Å². The average Bonchev–Trinajstić information content (AvgIpc) is 2.77. The second-order valence-corrected chi connectivity index (χ2v) is 3.98. The van der Waals surface area contributed by atoms with Crippen LogP contribution in [0.1, 0.15) is 0 Å². The molecule has 0 radical (unpaired) electrons. The molecule has 1 N–H and O–H groups in total. The topological polar surface area (TPSA) is 68.0 Å². The van der Waals surface area contributed by atoms with Crippen LogP contribution < -0.4 is 0 Å². The zero-order valence-electron chi connectivity index (χ0n) is 9.32. The number of halogens is 1. The molecule has 0 saturated heterocycles. The second-order valence-electron chi connectivity index (χ2n) is 3.54. The van der Waals surface area contributed by atoms with Gasteiger partial charge in [-0.25, -0.2) is 14.5 Å². The lowest BCUT2D eigenvalue weighted by atomic mass is 10.2. The second kappa shape index (κ2) is 5.46. The number of hydrogen-bond acceptors (Lipinski definition) is 3. The number of carboxylic acid groups (broad SMARTS) is 1. The van der Waals surface area contributed by atoms with Crippen molar-refractivity contribution >= 4 is 17.6 Å². The standard InChI is InChI=1S/C12H10ClN3O2/c13-10-4-1-3-9(7-10)12-14-8-16(15-12)6-2-5-11(17)18/h1-5,7-8H,6H2,(H,17,18)/b5-2+. The molecule has 0 aliphatic heterocycles. The zero-order chi connectivity index (χ0) is 13.0. The molecule has 1 heterocycles. The number of hydrogen-bond donors (Lipinski definition) is 1. The molecule has 0 aliphatic rings. The van der Waals surface area contributed by atoms with Gasteiger partial charge in [0.15, 0.2) is 5.82 Å². The largest absolute Gasteiger partial charge is 0.478 e. The fourth-order valence-corrected chi connectivity index (χ4v) is 1.59. The van der Waals surface area contributed by atoms with Crippen LogP contribution >= 0.6 is 11.6 Å². The van der Waals surface area contributed by atoms with Crippen molar-refractivity contribution in [1.82, 2.24) is 14.8 Å². The highest BCUT2D eigenvalue weighted by Crippen LogP contribution is 2.18. The van der Waals surface area contributed by atoms with Gasteiger partial charge in [-0.2, -0.15) is 5.10 Å². The molecule has 0 aliphatic carbocycles. The Morgan fingerprint density at radius 3 is 3.06 bits per heavy atom. The van der Waals surface area contributed by atoms with E-state index in [-0.39, 0.29) is 0 Å². The minimum Gasteiger partial charge on any atom is -0.478 e. The zero-order valence-corrected chi connectivity index (χ0v) is 10.1. The van der Waals surface area contributed by atoms with Crippen molar-refractivity contribution in [2.75, 3.05) is 0 Å². The molecule has 0 spiro atoms. The van der Waals surface area contributed by atoms with E-state index in [1.807, 2.05) is 12.1 Å². The van der Waals surface area contributed by atoms with Gasteiger partial charge in [0.25, 0.3) is 0 Å². The monoisotopic (exact) mass is 263 g/mol. The molecular weight excluding hydrogens is 254 g/mol. The highest BCUT2D eigenvalue weighted by molar-refractivity contribution is 6.30. The molecule has 5 nitrogen and oxygen atoms in total. The average molecular weight is 264 g/mol. The fourth-order valence-electron chi connectivity index (χ4n) is 1.40. The first kappa shape index (κ1) is 12.3. The lowest BCUT2D eigenvalue weighted by Crippen LogP contribution is -1.97. The lowest BCUT2D eigenvalue weighted by molar-refractivity contribution is -0.131. The summed E-state index contributed by atoms with van der Waals surface area (Å²) in [6, 6.07) is 7.23. The summed E-state index contributed by atoms with van der Waals surface area (Å²) in [5.41, 5.74) is 0.823. The minimum absolute atomic E-state index is 0.361. The summed E-state index contributed by atoms with van der Waals surface area (Å²) in [7, 11) is 0. The van der Waals surface area contributed by atoms with E-state index in [1.54, 1.807) is 23.1 Å². The number of aliphatic carboxylic acids is 1. The van der Waals surface area contributed by atoms with Crippen LogP contribution in [0.4, 0.5) is 0 Å². The number of carbonyl (C=O) groups is 1.